The molecule has 3 nitrogen and oxygen atoms in total. The Morgan fingerprint density at radius 2 is 2.31 bits per heavy atom. The van der Waals surface area contributed by atoms with Crippen molar-refractivity contribution < 1.29 is 4.79 Å². The van der Waals surface area contributed by atoms with Crippen molar-refractivity contribution in [3.8, 4) is 0 Å². The van der Waals surface area contributed by atoms with E-state index < -0.39 is 0 Å². The van der Waals surface area contributed by atoms with Crippen LogP contribution in [0, 0.1) is 11.3 Å². The van der Waals surface area contributed by atoms with E-state index in [2.05, 4.69) is 30.6 Å². The molecule has 2 rings (SSSR count). The van der Waals surface area contributed by atoms with Gasteiger partial charge in [0.05, 0.1) is 0 Å². The van der Waals surface area contributed by atoms with Gasteiger partial charge in [-0.05, 0) is 24.8 Å². The molecular formula is C12H21ClN2O. The van der Waals surface area contributed by atoms with Crippen LogP contribution in [-0.4, -0.2) is 25.5 Å². The van der Waals surface area contributed by atoms with Crippen LogP contribution < -0.4 is 10.6 Å². The van der Waals surface area contributed by atoms with Gasteiger partial charge in [0.15, 0.2) is 0 Å². The lowest BCUT2D eigenvalue weighted by Crippen LogP contribution is -2.31. The van der Waals surface area contributed by atoms with E-state index in [9.17, 15) is 4.79 Å². The molecular weight excluding hydrogens is 224 g/mol. The highest BCUT2D eigenvalue weighted by Crippen LogP contribution is 2.51. The zero-order valence-electron chi connectivity index (χ0n) is 10.0. The van der Waals surface area contributed by atoms with Crippen molar-refractivity contribution in [1.29, 1.82) is 0 Å². The molecule has 1 unspecified atom stereocenters. The van der Waals surface area contributed by atoms with Crippen LogP contribution >= 0.6 is 12.4 Å². The highest BCUT2D eigenvalue weighted by Gasteiger charge is 2.50. The zero-order chi connectivity index (χ0) is 10.9. The van der Waals surface area contributed by atoms with Crippen LogP contribution in [0.3, 0.4) is 0 Å². The van der Waals surface area contributed by atoms with E-state index in [1.165, 1.54) is 5.57 Å². The highest BCUT2D eigenvalue weighted by molar-refractivity contribution is 5.85. The van der Waals surface area contributed by atoms with Crippen molar-refractivity contribution >= 4 is 18.3 Å². The first-order chi connectivity index (χ1) is 7.09. The van der Waals surface area contributed by atoms with Crippen molar-refractivity contribution in [2.75, 3.05) is 19.6 Å². The average Bonchev–Trinajstić information content (AvgIpc) is 2.86. The molecule has 16 heavy (non-hydrogen) atoms. The Morgan fingerprint density at radius 3 is 2.81 bits per heavy atom. The van der Waals surface area contributed by atoms with Crippen LogP contribution in [0.2, 0.25) is 0 Å². The first kappa shape index (κ1) is 13.5. The molecule has 1 amide bonds. The Bertz CT molecular complexity index is 299. The molecule has 0 radical (unpaired) electrons. The van der Waals surface area contributed by atoms with E-state index in [1.807, 2.05) is 0 Å². The monoisotopic (exact) mass is 244 g/mol. The van der Waals surface area contributed by atoms with Crippen molar-refractivity contribution in [1.82, 2.24) is 10.6 Å². The fraction of sp³-hybridized carbons (Fsp3) is 0.750. The van der Waals surface area contributed by atoms with Gasteiger partial charge in [0, 0.05) is 19.0 Å². The summed E-state index contributed by atoms with van der Waals surface area (Å²) >= 11 is 0. The molecule has 0 aromatic heterocycles. The van der Waals surface area contributed by atoms with Crippen LogP contribution in [0.15, 0.2) is 11.6 Å². The molecule has 1 heterocycles. The summed E-state index contributed by atoms with van der Waals surface area (Å²) in [5.41, 5.74) is 1.60. The van der Waals surface area contributed by atoms with E-state index in [1.54, 1.807) is 0 Å². The molecule has 1 saturated carbocycles. The smallest absolute Gasteiger partial charge is 0.223 e. The quantitative estimate of drug-likeness (QED) is 0.739. The van der Waals surface area contributed by atoms with E-state index in [0.717, 1.165) is 32.5 Å². The number of hydrogen-bond donors (Lipinski definition) is 2. The van der Waals surface area contributed by atoms with Crippen LogP contribution in [-0.2, 0) is 4.79 Å². The highest BCUT2D eigenvalue weighted by atomic mass is 35.5. The number of hydrogen-bond acceptors (Lipinski definition) is 2. The van der Waals surface area contributed by atoms with Gasteiger partial charge >= 0.3 is 0 Å². The molecule has 1 aliphatic carbocycles. The van der Waals surface area contributed by atoms with Crippen molar-refractivity contribution in [3.63, 3.8) is 0 Å². The minimum absolute atomic E-state index is 0. The van der Waals surface area contributed by atoms with E-state index >= 15 is 0 Å². The first-order valence-corrected chi connectivity index (χ1v) is 5.76. The lowest BCUT2D eigenvalue weighted by atomic mass is 10.1. The lowest BCUT2D eigenvalue weighted by molar-refractivity contribution is -0.122. The molecule has 0 bridgehead atoms. The summed E-state index contributed by atoms with van der Waals surface area (Å²) < 4.78 is 0. The predicted molar refractivity (Wildman–Crippen MR) is 67.7 cm³/mol. The molecule has 4 heteroatoms. The summed E-state index contributed by atoms with van der Waals surface area (Å²) in [5.74, 6) is 0.485. The molecule has 92 valence electrons. The number of amides is 1. The normalized spacial score (nSPS) is 26.4. The number of nitrogens with one attached hydrogen (secondary N) is 2. The molecule has 1 aliphatic heterocycles. The summed E-state index contributed by atoms with van der Waals surface area (Å²) in [6, 6.07) is 0. The van der Waals surface area contributed by atoms with Crippen molar-refractivity contribution in [2.45, 2.75) is 26.7 Å². The predicted octanol–water partition coefficient (Wildman–Crippen LogP) is 1.49. The van der Waals surface area contributed by atoms with Gasteiger partial charge in [0.1, 0.15) is 0 Å². The Morgan fingerprint density at radius 1 is 1.62 bits per heavy atom. The fourth-order valence-corrected chi connectivity index (χ4v) is 2.07. The molecule has 2 N–H and O–H groups in total. The van der Waals surface area contributed by atoms with Gasteiger partial charge in [0.25, 0.3) is 0 Å². The third-order valence-electron chi connectivity index (χ3n) is 3.48. The maximum Gasteiger partial charge on any atom is 0.223 e. The molecule has 2 aliphatic rings. The number of carbonyl (C=O) groups excluding carboxylic acids is 1. The van der Waals surface area contributed by atoms with Gasteiger partial charge in [-0.2, -0.15) is 0 Å². The maximum absolute atomic E-state index is 11.7. The van der Waals surface area contributed by atoms with Gasteiger partial charge in [0.2, 0.25) is 5.91 Å². The zero-order valence-corrected chi connectivity index (χ0v) is 10.8. The SMILES string of the molecule is CC1(C)CC1C(=O)NCC1=CCNCC1.Cl. The summed E-state index contributed by atoms with van der Waals surface area (Å²) in [4.78, 5) is 11.7. The van der Waals surface area contributed by atoms with E-state index in [0.29, 0.717) is 0 Å². The Hall–Kier alpha value is -0.540. The van der Waals surface area contributed by atoms with E-state index in [4.69, 9.17) is 0 Å². The van der Waals surface area contributed by atoms with Crippen LogP contribution in [0.4, 0.5) is 0 Å². The molecule has 0 spiro atoms. The van der Waals surface area contributed by atoms with Gasteiger partial charge in [-0.25, -0.2) is 0 Å². The van der Waals surface area contributed by atoms with Crippen LogP contribution in [0.25, 0.3) is 0 Å². The van der Waals surface area contributed by atoms with Crippen LogP contribution in [0.5, 0.6) is 0 Å². The Balaban J connectivity index is 0.00000128. The standard InChI is InChI=1S/C12H20N2O.ClH/c1-12(2)7-10(12)11(15)14-8-9-3-5-13-6-4-9;/h3,10,13H,4-8H2,1-2H3,(H,14,15);1H. The minimum Gasteiger partial charge on any atom is -0.352 e. The van der Waals surface area contributed by atoms with Gasteiger partial charge in [-0.1, -0.05) is 25.5 Å². The largest absolute Gasteiger partial charge is 0.352 e. The summed E-state index contributed by atoms with van der Waals surface area (Å²) in [6.07, 6.45) is 4.29. The fourth-order valence-electron chi connectivity index (χ4n) is 2.07. The molecule has 0 aromatic carbocycles. The second-order valence-electron chi connectivity index (χ2n) is 5.28. The first-order valence-electron chi connectivity index (χ1n) is 5.76. The van der Waals surface area contributed by atoms with Gasteiger partial charge in [-0.3, -0.25) is 4.79 Å². The third-order valence-corrected chi connectivity index (χ3v) is 3.48. The van der Waals surface area contributed by atoms with Gasteiger partial charge in [-0.15, -0.1) is 12.4 Å². The molecule has 1 fully saturated rings. The average molecular weight is 245 g/mol. The number of halogens is 1. The number of carbonyl (C=O) groups is 1. The molecule has 1 atom stereocenters. The topological polar surface area (TPSA) is 41.1 Å². The van der Waals surface area contributed by atoms with Crippen molar-refractivity contribution in [2.24, 2.45) is 11.3 Å². The lowest BCUT2D eigenvalue weighted by Gasteiger charge is -2.14. The third kappa shape index (κ3) is 3.22. The van der Waals surface area contributed by atoms with Gasteiger partial charge < -0.3 is 10.6 Å². The maximum atomic E-state index is 11.7. The summed E-state index contributed by atoms with van der Waals surface area (Å²) in [5, 5.41) is 6.30. The van der Waals surface area contributed by atoms with E-state index in [-0.39, 0.29) is 29.6 Å². The summed E-state index contributed by atoms with van der Waals surface area (Å²) in [6.45, 7) is 7.03. The Labute approximate surface area is 103 Å². The molecule has 0 saturated heterocycles. The second kappa shape index (κ2) is 5.19. The summed E-state index contributed by atoms with van der Waals surface area (Å²) in [7, 11) is 0. The Kier molecular flexibility index (Phi) is 4.39. The second-order valence-corrected chi connectivity index (χ2v) is 5.28. The van der Waals surface area contributed by atoms with Crippen molar-refractivity contribution in [3.05, 3.63) is 11.6 Å². The molecule has 0 aromatic rings. The van der Waals surface area contributed by atoms with Crippen LogP contribution in [0.1, 0.15) is 26.7 Å². The number of rotatable bonds is 3. The minimum atomic E-state index is 0.